The van der Waals surface area contributed by atoms with Gasteiger partial charge in [0.25, 0.3) is 5.69 Å². The lowest BCUT2D eigenvalue weighted by Crippen LogP contribution is -2.07. The zero-order valence-electron chi connectivity index (χ0n) is 14.8. The summed E-state index contributed by atoms with van der Waals surface area (Å²) in [6.07, 6.45) is 0. The van der Waals surface area contributed by atoms with Crippen LogP contribution < -0.4 is 0 Å². The van der Waals surface area contributed by atoms with E-state index in [1.165, 1.54) is 12.1 Å². The van der Waals surface area contributed by atoms with Gasteiger partial charge in [0.2, 0.25) is 0 Å². The number of non-ortho nitro benzene ring substituents is 1. The number of carbonyl (C=O) groups is 1. The van der Waals surface area contributed by atoms with E-state index < -0.39 is 10.9 Å². The van der Waals surface area contributed by atoms with Crippen molar-refractivity contribution in [2.45, 2.75) is 13.8 Å². The Hall–Kier alpha value is -3.12. The Morgan fingerprint density at radius 3 is 2.33 bits per heavy atom. The average Bonchev–Trinajstić information content (AvgIpc) is 3.00. The second-order valence-electron chi connectivity index (χ2n) is 5.86. The van der Waals surface area contributed by atoms with E-state index >= 15 is 0 Å². The maximum atomic E-state index is 12.3. The number of ether oxygens (including phenoxy) is 1. The van der Waals surface area contributed by atoms with Crippen LogP contribution in [0, 0.1) is 17.0 Å². The minimum atomic E-state index is -0.448. The van der Waals surface area contributed by atoms with Gasteiger partial charge in [-0.3, -0.25) is 10.1 Å². The third-order valence-corrected chi connectivity index (χ3v) is 4.45. The van der Waals surface area contributed by atoms with Gasteiger partial charge in [-0.15, -0.1) is 0 Å². The molecule has 0 aliphatic carbocycles. The van der Waals surface area contributed by atoms with Crippen LogP contribution in [0.15, 0.2) is 54.6 Å². The number of hydrogen-bond donors (Lipinski definition) is 0. The highest BCUT2D eigenvalue weighted by Crippen LogP contribution is 2.31. The van der Waals surface area contributed by atoms with E-state index in [0.717, 1.165) is 11.3 Å². The summed E-state index contributed by atoms with van der Waals surface area (Å²) in [5.41, 5.74) is 3.46. The third kappa shape index (κ3) is 3.71. The lowest BCUT2D eigenvalue weighted by Gasteiger charge is -2.12. The van der Waals surface area contributed by atoms with E-state index in [9.17, 15) is 14.9 Å². The largest absolute Gasteiger partial charge is 0.462 e. The highest BCUT2D eigenvalue weighted by molar-refractivity contribution is 6.30. The molecule has 0 spiro atoms. The van der Waals surface area contributed by atoms with E-state index in [4.69, 9.17) is 16.3 Å². The molecule has 3 aromatic rings. The summed E-state index contributed by atoms with van der Waals surface area (Å²) in [5, 5.41) is 11.5. The van der Waals surface area contributed by atoms with Crippen molar-refractivity contribution in [1.29, 1.82) is 0 Å². The minimum Gasteiger partial charge on any atom is -0.462 e. The third-order valence-electron chi connectivity index (χ3n) is 4.20. The van der Waals surface area contributed by atoms with Crippen LogP contribution in [0.25, 0.3) is 16.9 Å². The van der Waals surface area contributed by atoms with Gasteiger partial charge in [-0.05, 0) is 49.7 Å². The molecule has 6 nitrogen and oxygen atoms in total. The molecule has 0 atom stereocenters. The van der Waals surface area contributed by atoms with Crippen LogP contribution in [0.5, 0.6) is 0 Å². The maximum Gasteiger partial charge on any atom is 0.339 e. The molecule has 0 saturated heterocycles. The van der Waals surface area contributed by atoms with Crippen LogP contribution in [-0.2, 0) is 4.74 Å². The van der Waals surface area contributed by atoms with Gasteiger partial charge in [0.15, 0.2) is 0 Å². The van der Waals surface area contributed by atoms with Crippen molar-refractivity contribution in [1.82, 2.24) is 4.57 Å². The maximum absolute atomic E-state index is 12.3. The molecule has 1 aromatic heterocycles. The Labute approximate surface area is 161 Å². The molecule has 0 amide bonds. The number of carbonyl (C=O) groups excluding carboxylic acids is 1. The van der Waals surface area contributed by atoms with Crippen molar-refractivity contribution in [2.24, 2.45) is 0 Å². The summed E-state index contributed by atoms with van der Waals surface area (Å²) < 4.78 is 7.03. The van der Waals surface area contributed by atoms with Crippen molar-refractivity contribution in [3.8, 4) is 16.9 Å². The molecule has 0 aliphatic rings. The lowest BCUT2D eigenvalue weighted by atomic mass is 10.1. The van der Waals surface area contributed by atoms with Crippen molar-refractivity contribution in [3.63, 3.8) is 0 Å². The van der Waals surface area contributed by atoms with Crippen LogP contribution in [0.2, 0.25) is 5.02 Å². The second-order valence-corrected chi connectivity index (χ2v) is 6.30. The molecule has 0 bridgehead atoms. The van der Waals surface area contributed by atoms with Gasteiger partial charge in [-0.2, -0.15) is 0 Å². The number of nitrogens with zero attached hydrogens (tertiary/aromatic N) is 2. The fourth-order valence-electron chi connectivity index (χ4n) is 2.91. The van der Waals surface area contributed by atoms with Crippen molar-refractivity contribution >= 4 is 23.3 Å². The van der Waals surface area contributed by atoms with Crippen LogP contribution in [-0.4, -0.2) is 22.1 Å². The minimum absolute atomic E-state index is 0.00205. The molecule has 0 unspecified atom stereocenters. The zero-order chi connectivity index (χ0) is 19.6. The summed E-state index contributed by atoms with van der Waals surface area (Å²) in [6.45, 7) is 3.84. The van der Waals surface area contributed by atoms with Gasteiger partial charge in [-0.1, -0.05) is 23.7 Å². The Bertz CT molecular complexity index is 992. The number of rotatable bonds is 5. The van der Waals surface area contributed by atoms with E-state index in [2.05, 4.69) is 0 Å². The average molecular weight is 385 g/mol. The molecule has 0 fully saturated rings. The number of benzene rings is 2. The van der Waals surface area contributed by atoms with Crippen molar-refractivity contribution in [3.05, 3.63) is 81.0 Å². The quantitative estimate of drug-likeness (QED) is 0.344. The Morgan fingerprint density at radius 2 is 1.78 bits per heavy atom. The van der Waals surface area contributed by atoms with Gasteiger partial charge >= 0.3 is 5.97 Å². The summed E-state index contributed by atoms with van der Waals surface area (Å²) in [7, 11) is 0. The normalized spacial score (nSPS) is 10.6. The molecule has 3 rings (SSSR count). The zero-order valence-corrected chi connectivity index (χ0v) is 15.6. The first-order chi connectivity index (χ1) is 12.9. The van der Waals surface area contributed by atoms with E-state index in [0.29, 0.717) is 22.0 Å². The fourth-order valence-corrected chi connectivity index (χ4v) is 3.04. The summed E-state index contributed by atoms with van der Waals surface area (Å²) >= 11 is 5.99. The number of nitro benzene ring substituents is 1. The van der Waals surface area contributed by atoms with Gasteiger partial charge in [0, 0.05) is 28.5 Å². The van der Waals surface area contributed by atoms with Crippen LogP contribution in [0.4, 0.5) is 5.69 Å². The second kappa shape index (κ2) is 7.63. The van der Waals surface area contributed by atoms with Gasteiger partial charge in [0.05, 0.1) is 22.8 Å². The first-order valence-corrected chi connectivity index (χ1v) is 8.70. The van der Waals surface area contributed by atoms with E-state index in [-0.39, 0.29) is 12.3 Å². The molecule has 0 radical (unpaired) electrons. The topological polar surface area (TPSA) is 74.4 Å². The number of halogens is 1. The SMILES string of the molecule is CCOC(=O)c1cc(-c2ccc(Cl)cc2)n(-c2ccc([N+](=O)[O-])cc2)c1C. The van der Waals surface area contributed by atoms with E-state index in [1.807, 2.05) is 23.6 Å². The monoisotopic (exact) mass is 384 g/mol. The lowest BCUT2D eigenvalue weighted by molar-refractivity contribution is -0.384. The van der Waals surface area contributed by atoms with E-state index in [1.54, 1.807) is 37.3 Å². The van der Waals surface area contributed by atoms with Crippen molar-refractivity contribution in [2.75, 3.05) is 6.61 Å². The molecule has 0 aliphatic heterocycles. The Kier molecular flexibility index (Phi) is 5.28. The molecule has 138 valence electrons. The first-order valence-electron chi connectivity index (χ1n) is 8.32. The molecule has 2 aromatic carbocycles. The van der Waals surface area contributed by atoms with Crippen LogP contribution in [0.1, 0.15) is 23.0 Å². The van der Waals surface area contributed by atoms with Gasteiger partial charge < -0.3 is 9.30 Å². The molecular formula is C20H17ClN2O4. The highest BCUT2D eigenvalue weighted by Gasteiger charge is 2.21. The number of nitro groups is 1. The molecule has 7 heteroatoms. The van der Waals surface area contributed by atoms with Gasteiger partial charge in [-0.25, -0.2) is 4.79 Å². The molecular weight excluding hydrogens is 368 g/mol. The Balaban J connectivity index is 2.19. The van der Waals surface area contributed by atoms with Crippen LogP contribution in [0.3, 0.4) is 0 Å². The smallest absolute Gasteiger partial charge is 0.339 e. The number of esters is 1. The predicted octanol–water partition coefficient (Wildman–Crippen LogP) is 5.19. The molecule has 1 heterocycles. The first kappa shape index (κ1) is 18.7. The fraction of sp³-hybridized carbons (Fsp3) is 0.150. The predicted molar refractivity (Wildman–Crippen MR) is 104 cm³/mol. The number of aromatic nitrogens is 1. The Morgan fingerprint density at radius 1 is 1.15 bits per heavy atom. The summed E-state index contributed by atoms with van der Waals surface area (Å²) in [6, 6.07) is 15.2. The number of hydrogen-bond acceptors (Lipinski definition) is 4. The summed E-state index contributed by atoms with van der Waals surface area (Å²) in [5.74, 6) is -0.411. The molecule has 0 saturated carbocycles. The summed E-state index contributed by atoms with van der Waals surface area (Å²) in [4.78, 5) is 22.8. The highest BCUT2D eigenvalue weighted by atomic mass is 35.5. The standard InChI is InChI=1S/C20H17ClN2O4/c1-3-27-20(24)18-12-19(14-4-6-15(21)7-5-14)22(13(18)2)16-8-10-17(11-9-16)23(25)26/h4-12H,3H2,1-2H3. The van der Waals surface area contributed by atoms with Crippen LogP contribution >= 0.6 is 11.6 Å². The molecule has 0 N–H and O–H groups in total. The van der Waals surface area contributed by atoms with Gasteiger partial charge in [0.1, 0.15) is 0 Å². The van der Waals surface area contributed by atoms with Crippen molar-refractivity contribution < 1.29 is 14.5 Å². The molecule has 27 heavy (non-hydrogen) atoms.